The maximum atomic E-state index is 9.55. The lowest BCUT2D eigenvalue weighted by Gasteiger charge is -2.21. The van der Waals surface area contributed by atoms with Gasteiger partial charge in [0.15, 0.2) is 0 Å². The summed E-state index contributed by atoms with van der Waals surface area (Å²) in [5.41, 5.74) is 10.6. The largest absolute Gasteiger partial charge is 0.497 e. The Kier molecular flexibility index (Phi) is 6.21. The molecule has 0 bridgehead atoms. The number of aliphatic carboxylic acids is 2. The molecule has 0 aromatic heterocycles. The van der Waals surface area contributed by atoms with Crippen molar-refractivity contribution in [1.82, 2.24) is 0 Å². The average Bonchev–Trinajstić information content (AvgIpc) is 3.04. The van der Waals surface area contributed by atoms with Crippen molar-refractivity contribution in [2.45, 2.75) is 6.42 Å². The highest BCUT2D eigenvalue weighted by Gasteiger charge is 2.21. The number of anilines is 3. The number of carboxylic acids is 2. The third-order valence-electron chi connectivity index (χ3n) is 3.78. The lowest BCUT2D eigenvalue weighted by Crippen LogP contribution is -2.14. The third kappa shape index (κ3) is 4.76. The molecule has 0 radical (unpaired) electrons. The highest BCUT2D eigenvalue weighted by molar-refractivity contribution is 5.89. The predicted octanol–water partition coefficient (Wildman–Crippen LogP) is 2.68. The standard InChI is InChI=1S/C15H16N2O.C4H4O4/c1-18-12-6-7-15(13(16)10-12)17-9-8-11-4-2-3-5-14(11)17;5-3(6)1-2-4(7)8/h2-7,10H,8-9,16H2,1H3;1-2H,(H,5,6)(H,7,8). The van der Waals surface area contributed by atoms with E-state index in [1.54, 1.807) is 7.11 Å². The number of ether oxygens (including phenoxy) is 1. The number of hydrogen-bond acceptors (Lipinski definition) is 5. The van der Waals surface area contributed by atoms with Crippen LogP contribution in [0.3, 0.4) is 0 Å². The Morgan fingerprint density at radius 1 is 1.08 bits per heavy atom. The molecule has 0 aliphatic carbocycles. The minimum atomic E-state index is -1.26. The first-order chi connectivity index (χ1) is 12.4. The summed E-state index contributed by atoms with van der Waals surface area (Å²) >= 11 is 0. The molecule has 0 unspecified atom stereocenters. The molecule has 7 nitrogen and oxygen atoms in total. The molecule has 0 saturated heterocycles. The van der Waals surface area contributed by atoms with Crippen LogP contribution in [-0.4, -0.2) is 35.8 Å². The van der Waals surface area contributed by atoms with Crippen molar-refractivity contribution < 1.29 is 24.5 Å². The lowest BCUT2D eigenvalue weighted by atomic mass is 10.2. The van der Waals surface area contributed by atoms with E-state index in [1.807, 2.05) is 18.2 Å². The molecule has 3 rings (SSSR count). The van der Waals surface area contributed by atoms with E-state index in [0.29, 0.717) is 12.2 Å². The Hall–Kier alpha value is -3.48. The number of nitrogen functional groups attached to an aromatic ring is 1. The van der Waals surface area contributed by atoms with Gasteiger partial charge in [-0.05, 0) is 30.2 Å². The van der Waals surface area contributed by atoms with Gasteiger partial charge in [0.1, 0.15) is 5.75 Å². The van der Waals surface area contributed by atoms with Crippen LogP contribution >= 0.6 is 0 Å². The molecular formula is C19H20N2O5. The Balaban J connectivity index is 0.000000260. The number of carbonyl (C=O) groups is 2. The van der Waals surface area contributed by atoms with Crippen molar-refractivity contribution in [1.29, 1.82) is 0 Å². The minimum absolute atomic E-state index is 0.558. The van der Waals surface area contributed by atoms with Gasteiger partial charge in [-0.2, -0.15) is 0 Å². The quantitative estimate of drug-likeness (QED) is 0.570. The van der Waals surface area contributed by atoms with Crippen LogP contribution in [0.25, 0.3) is 0 Å². The molecule has 0 atom stereocenters. The molecule has 1 heterocycles. The first-order valence-corrected chi connectivity index (χ1v) is 7.85. The molecule has 0 amide bonds. The van der Waals surface area contributed by atoms with E-state index >= 15 is 0 Å². The fourth-order valence-electron chi connectivity index (χ4n) is 2.64. The molecule has 0 saturated carbocycles. The summed E-state index contributed by atoms with van der Waals surface area (Å²) in [5.74, 6) is -1.72. The second-order valence-corrected chi connectivity index (χ2v) is 5.46. The maximum Gasteiger partial charge on any atom is 0.328 e. The molecule has 26 heavy (non-hydrogen) atoms. The summed E-state index contributed by atoms with van der Waals surface area (Å²) in [4.78, 5) is 21.4. The molecule has 2 aromatic carbocycles. The van der Waals surface area contributed by atoms with Gasteiger partial charge in [-0.25, -0.2) is 9.59 Å². The fourth-order valence-corrected chi connectivity index (χ4v) is 2.64. The number of nitrogens with two attached hydrogens (primary N) is 1. The van der Waals surface area contributed by atoms with E-state index in [1.165, 1.54) is 11.3 Å². The SMILES string of the molecule is COc1ccc(N2CCc3ccccc32)c(N)c1.O=C(O)C=CC(=O)O. The van der Waals surface area contributed by atoms with E-state index in [-0.39, 0.29) is 0 Å². The van der Waals surface area contributed by atoms with Gasteiger partial charge in [0.25, 0.3) is 0 Å². The first kappa shape index (κ1) is 18.9. The van der Waals surface area contributed by atoms with Crippen LogP contribution in [0.2, 0.25) is 0 Å². The average molecular weight is 356 g/mol. The molecule has 7 heteroatoms. The van der Waals surface area contributed by atoms with Crippen LogP contribution in [0, 0.1) is 0 Å². The molecule has 2 aromatic rings. The number of rotatable bonds is 4. The van der Waals surface area contributed by atoms with Crippen molar-refractivity contribution >= 4 is 29.0 Å². The van der Waals surface area contributed by atoms with Gasteiger partial charge in [-0.15, -0.1) is 0 Å². The topological polar surface area (TPSA) is 113 Å². The number of methoxy groups -OCH3 is 1. The molecule has 136 valence electrons. The van der Waals surface area contributed by atoms with Crippen molar-refractivity contribution in [2.24, 2.45) is 0 Å². The van der Waals surface area contributed by atoms with E-state index in [2.05, 4.69) is 29.2 Å². The summed E-state index contributed by atoms with van der Waals surface area (Å²) in [5, 5.41) is 15.6. The third-order valence-corrected chi connectivity index (χ3v) is 3.78. The zero-order chi connectivity index (χ0) is 19.1. The van der Waals surface area contributed by atoms with E-state index in [0.717, 1.165) is 30.1 Å². The van der Waals surface area contributed by atoms with Crippen molar-refractivity contribution in [3.63, 3.8) is 0 Å². The number of carboxylic acid groups (broad SMARTS) is 2. The summed E-state index contributed by atoms with van der Waals surface area (Å²) in [6, 6.07) is 14.3. The van der Waals surface area contributed by atoms with Crippen LogP contribution in [-0.2, 0) is 16.0 Å². The molecule has 0 spiro atoms. The van der Waals surface area contributed by atoms with Crippen molar-refractivity contribution in [3.05, 3.63) is 60.2 Å². The zero-order valence-corrected chi connectivity index (χ0v) is 14.3. The summed E-state index contributed by atoms with van der Waals surface area (Å²) in [7, 11) is 1.65. The number of nitrogens with zero attached hydrogens (tertiary/aromatic N) is 1. The van der Waals surface area contributed by atoms with Crippen LogP contribution in [0.5, 0.6) is 5.75 Å². The zero-order valence-electron chi connectivity index (χ0n) is 14.3. The highest BCUT2D eigenvalue weighted by atomic mass is 16.5. The fraction of sp³-hybridized carbons (Fsp3) is 0.158. The number of para-hydroxylation sites is 1. The van der Waals surface area contributed by atoms with Gasteiger partial charge in [-0.1, -0.05) is 18.2 Å². The smallest absolute Gasteiger partial charge is 0.328 e. The Morgan fingerprint density at radius 2 is 1.73 bits per heavy atom. The van der Waals surface area contributed by atoms with E-state index in [4.69, 9.17) is 20.7 Å². The number of fused-ring (bicyclic) bond motifs is 1. The second-order valence-electron chi connectivity index (χ2n) is 5.46. The number of hydrogen-bond donors (Lipinski definition) is 3. The van der Waals surface area contributed by atoms with Crippen LogP contribution in [0.15, 0.2) is 54.6 Å². The Bertz CT molecular complexity index is 816. The monoisotopic (exact) mass is 356 g/mol. The Morgan fingerprint density at radius 3 is 2.31 bits per heavy atom. The number of benzene rings is 2. The van der Waals surface area contributed by atoms with Crippen LogP contribution in [0.4, 0.5) is 17.1 Å². The second kappa shape index (κ2) is 8.57. The predicted molar refractivity (Wildman–Crippen MR) is 99.0 cm³/mol. The van der Waals surface area contributed by atoms with E-state index < -0.39 is 11.9 Å². The van der Waals surface area contributed by atoms with Gasteiger partial charge in [0, 0.05) is 30.5 Å². The van der Waals surface area contributed by atoms with Gasteiger partial charge in [0.2, 0.25) is 0 Å². The summed E-state index contributed by atoms with van der Waals surface area (Å²) < 4.78 is 5.18. The van der Waals surface area contributed by atoms with Gasteiger partial charge in [-0.3, -0.25) is 0 Å². The molecule has 1 aliphatic heterocycles. The molecule has 1 aliphatic rings. The minimum Gasteiger partial charge on any atom is -0.497 e. The van der Waals surface area contributed by atoms with Crippen molar-refractivity contribution in [3.8, 4) is 5.75 Å². The normalized spacial score (nSPS) is 12.3. The Labute approximate surface area is 150 Å². The van der Waals surface area contributed by atoms with Gasteiger partial charge in [0.05, 0.1) is 18.5 Å². The lowest BCUT2D eigenvalue weighted by molar-refractivity contribution is -0.134. The van der Waals surface area contributed by atoms with E-state index in [9.17, 15) is 9.59 Å². The summed E-state index contributed by atoms with van der Waals surface area (Å²) in [6.07, 6.45) is 2.19. The van der Waals surface area contributed by atoms with Crippen LogP contribution < -0.4 is 15.4 Å². The van der Waals surface area contributed by atoms with Crippen LogP contribution in [0.1, 0.15) is 5.56 Å². The highest BCUT2D eigenvalue weighted by Crippen LogP contribution is 2.38. The summed E-state index contributed by atoms with van der Waals surface area (Å²) in [6.45, 7) is 0.982. The molecule has 0 fully saturated rings. The first-order valence-electron chi connectivity index (χ1n) is 7.85. The van der Waals surface area contributed by atoms with Gasteiger partial charge < -0.3 is 25.6 Å². The molecular weight excluding hydrogens is 336 g/mol. The van der Waals surface area contributed by atoms with Gasteiger partial charge >= 0.3 is 11.9 Å². The maximum absolute atomic E-state index is 9.55. The molecule has 4 N–H and O–H groups in total. The van der Waals surface area contributed by atoms with Crippen molar-refractivity contribution in [2.75, 3.05) is 24.3 Å².